The van der Waals surface area contributed by atoms with E-state index < -0.39 is 0 Å². The van der Waals surface area contributed by atoms with Gasteiger partial charge in [0.1, 0.15) is 0 Å². The van der Waals surface area contributed by atoms with Crippen molar-refractivity contribution in [3.63, 3.8) is 0 Å². The maximum atomic E-state index is 8.67. The number of likely N-dealkylation sites (tertiary alicyclic amines) is 1. The molecule has 0 saturated carbocycles. The topological polar surface area (TPSA) is 39.4 Å². The summed E-state index contributed by atoms with van der Waals surface area (Å²) >= 11 is 1.56. The third kappa shape index (κ3) is 4.00. The second-order valence-corrected chi connectivity index (χ2v) is 5.59. The van der Waals surface area contributed by atoms with Gasteiger partial charge in [0, 0.05) is 13.1 Å². The summed E-state index contributed by atoms with van der Waals surface area (Å²) in [7, 11) is 0. The van der Waals surface area contributed by atoms with Crippen LogP contribution in [0.15, 0.2) is 35.3 Å². The van der Waals surface area contributed by atoms with Crippen LogP contribution in [0.5, 0.6) is 0 Å². The molecule has 0 unspecified atom stereocenters. The number of thioether (sulfide) groups is 1. The number of benzene rings is 1. The summed E-state index contributed by atoms with van der Waals surface area (Å²) in [5.74, 6) is 0.754. The van der Waals surface area contributed by atoms with E-state index in [0.717, 1.165) is 24.2 Å². The zero-order valence-electron chi connectivity index (χ0n) is 11.2. The van der Waals surface area contributed by atoms with Crippen molar-refractivity contribution in [1.29, 1.82) is 5.26 Å². The molecule has 1 aliphatic rings. The van der Waals surface area contributed by atoms with E-state index >= 15 is 0 Å². The van der Waals surface area contributed by atoms with Gasteiger partial charge in [0.05, 0.1) is 0 Å². The number of piperidine rings is 1. The normalized spacial score (nSPS) is 17.3. The Bertz CT molecular complexity index is 456. The first kappa shape index (κ1) is 14.0. The Morgan fingerprint density at radius 1 is 1.37 bits per heavy atom. The monoisotopic (exact) mass is 273 g/mol. The lowest BCUT2D eigenvalue weighted by atomic mass is 9.90. The molecule has 2 rings (SSSR count). The van der Waals surface area contributed by atoms with Gasteiger partial charge in [-0.2, -0.15) is 5.26 Å². The number of rotatable bonds is 2. The van der Waals surface area contributed by atoms with Gasteiger partial charge in [0.15, 0.2) is 5.17 Å². The molecule has 0 amide bonds. The molecule has 1 aromatic carbocycles. The highest BCUT2D eigenvalue weighted by atomic mass is 32.2. The summed E-state index contributed by atoms with van der Waals surface area (Å²) in [6.45, 7) is 2.03. The van der Waals surface area contributed by atoms with E-state index in [2.05, 4.69) is 40.2 Å². The Labute approximate surface area is 119 Å². The number of amidine groups is 1. The van der Waals surface area contributed by atoms with E-state index in [1.54, 1.807) is 11.8 Å². The number of nitriles is 1. The van der Waals surface area contributed by atoms with Crippen LogP contribution < -0.4 is 0 Å². The highest BCUT2D eigenvalue weighted by molar-refractivity contribution is 8.13. The van der Waals surface area contributed by atoms with Gasteiger partial charge >= 0.3 is 0 Å². The van der Waals surface area contributed by atoms with Crippen LogP contribution in [0.25, 0.3) is 0 Å². The van der Waals surface area contributed by atoms with Crippen molar-refractivity contribution in [2.75, 3.05) is 19.3 Å². The average molecular weight is 273 g/mol. The lowest BCUT2D eigenvalue weighted by molar-refractivity contribution is 0.269. The summed E-state index contributed by atoms with van der Waals surface area (Å²) in [6, 6.07) is 10.7. The molecule has 100 valence electrons. The highest BCUT2D eigenvalue weighted by Gasteiger charge is 2.21. The Hall–Kier alpha value is -1.47. The molecule has 1 heterocycles. The Morgan fingerprint density at radius 3 is 2.63 bits per heavy atom. The molecular weight excluding hydrogens is 254 g/mol. The average Bonchev–Trinajstić information content (AvgIpc) is 2.47. The summed E-state index contributed by atoms with van der Waals surface area (Å²) in [4.78, 5) is 6.12. The third-order valence-corrected chi connectivity index (χ3v) is 4.30. The van der Waals surface area contributed by atoms with Crippen LogP contribution in [-0.2, 0) is 6.42 Å². The van der Waals surface area contributed by atoms with Gasteiger partial charge in [-0.25, -0.2) is 0 Å². The van der Waals surface area contributed by atoms with E-state index in [1.165, 1.54) is 24.8 Å². The van der Waals surface area contributed by atoms with E-state index in [9.17, 15) is 0 Å². The number of hydrogen-bond acceptors (Lipinski definition) is 3. The Morgan fingerprint density at radius 2 is 2.05 bits per heavy atom. The molecule has 0 radical (unpaired) electrons. The first-order chi connectivity index (χ1) is 9.33. The largest absolute Gasteiger partial charge is 0.351 e. The van der Waals surface area contributed by atoms with Crippen molar-refractivity contribution in [2.24, 2.45) is 10.9 Å². The molecule has 3 nitrogen and oxygen atoms in total. The second-order valence-electron chi connectivity index (χ2n) is 4.82. The van der Waals surface area contributed by atoms with Crippen LogP contribution in [-0.4, -0.2) is 29.4 Å². The van der Waals surface area contributed by atoms with Crippen molar-refractivity contribution in [3.05, 3.63) is 35.9 Å². The van der Waals surface area contributed by atoms with Crippen molar-refractivity contribution >= 4 is 16.9 Å². The molecule has 1 saturated heterocycles. The fraction of sp³-hybridized carbons (Fsp3) is 0.467. The summed E-state index contributed by atoms with van der Waals surface area (Å²) < 4.78 is 0. The van der Waals surface area contributed by atoms with Gasteiger partial charge < -0.3 is 4.90 Å². The van der Waals surface area contributed by atoms with Crippen molar-refractivity contribution < 1.29 is 0 Å². The predicted molar refractivity (Wildman–Crippen MR) is 81.0 cm³/mol. The third-order valence-electron chi connectivity index (χ3n) is 3.58. The summed E-state index contributed by atoms with van der Waals surface area (Å²) in [5.41, 5.74) is 1.43. The second kappa shape index (κ2) is 7.20. The first-order valence-corrected chi connectivity index (χ1v) is 7.85. The molecule has 0 atom stereocenters. The molecule has 0 N–H and O–H groups in total. The lowest BCUT2D eigenvalue weighted by Gasteiger charge is -2.33. The Balaban J connectivity index is 1.86. The fourth-order valence-corrected chi connectivity index (χ4v) is 3.14. The molecule has 0 aromatic heterocycles. The minimum absolute atomic E-state index is 0.754. The molecule has 1 aromatic rings. The van der Waals surface area contributed by atoms with Gasteiger partial charge in [-0.05, 0) is 37.0 Å². The van der Waals surface area contributed by atoms with E-state index in [1.807, 2.05) is 12.4 Å². The van der Waals surface area contributed by atoms with Crippen LogP contribution >= 0.6 is 11.8 Å². The number of aliphatic imine (C=N–C) groups is 1. The van der Waals surface area contributed by atoms with Crippen LogP contribution in [0.4, 0.5) is 0 Å². The molecule has 4 heteroatoms. The summed E-state index contributed by atoms with van der Waals surface area (Å²) in [5, 5.41) is 9.53. The number of hydrogen-bond donors (Lipinski definition) is 0. The maximum Gasteiger partial charge on any atom is 0.208 e. The zero-order valence-corrected chi connectivity index (χ0v) is 12.1. The van der Waals surface area contributed by atoms with Gasteiger partial charge in [0.2, 0.25) is 6.19 Å². The standard InChI is InChI=1S/C15H19N3S/c1-19-15(17-12-16)18-9-7-14(8-10-18)11-13-5-3-2-4-6-13/h2-6,14H,7-11H2,1H3. The molecule has 1 aliphatic heterocycles. The predicted octanol–water partition coefficient (Wildman–Crippen LogP) is 3.14. The highest BCUT2D eigenvalue weighted by Crippen LogP contribution is 2.23. The molecule has 0 bridgehead atoms. The van der Waals surface area contributed by atoms with Gasteiger partial charge in [-0.15, -0.1) is 4.99 Å². The van der Waals surface area contributed by atoms with E-state index in [4.69, 9.17) is 5.26 Å². The molecule has 1 fully saturated rings. The lowest BCUT2D eigenvalue weighted by Crippen LogP contribution is -2.37. The quantitative estimate of drug-likeness (QED) is 0.472. The molecular formula is C15H19N3S. The molecule has 0 aliphatic carbocycles. The fourth-order valence-electron chi connectivity index (χ4n) is 2.56. The van der Waals surface area contributed by atoms with E-state index in [-0.39, 0.29) is 0 Å². The van der Waals surface area contributed by atoms with Crippen LogP contribution in [0.1, 0.15) is 18.4 Å². The minimum Gasteiger partial charge on any atom is -0.351 e. The smallest absolute Gasteiger partial charge is 0.208 e. The zero-order chi connectivity index (χ0) is 13.5. The maximum absolute atomic E-state index is 8.67. The van der Waals surface area contributed by atoms with E-state index in [0.29, 0.717) is 0 Å². The van der Waals surface area contributed by atoms with Crippen molar-refractivity contribution in [1.82, 2.24) is 4.90 Å². The minimum atomic E-state index is 0.754. The van der Waals surface area contributed by atoms with Crippen LogP contribution in [0, 0.1) is 17.4 Å². The Kier molecular flexibility index (Phi) is 5.29. The van der Waals surface area contributed by atoms with Crippen molar-refractivity contribution in [2.45, 2.75) is 19.3 Å². The van der Waals surface area contributed by atoms with Gasteiger partial charge in [-0.1, -0.05) is 42.1 Å². The summed E-state index contributed by atoms with van der Waals surface area (Å²) in [6.07, 6.45) is 7.40. The SMILES string of the molecule is CSC(=NC#N)N1CCC(Cc2ccccc2)CC1. The molecule has 0 spiro atoms. The first-order valence-electron chi connectivity index (χ1n) is 6.63. The van der Waals surface area contributed by atoms with Crippen LogP contribution in [0.3, 0.4) is 0 Å². The van der Waals surface area contributed by atoms with Gasteiger partial charge in [0.25, 0.3) is 0 Å². The van der Waals surface area contributed by atoms with Gasteiger partial charge in [-0.3, -0.25) is 0 Å². The molecule has 19 heavy (non-hydrogen) atoms. The number of nitrogens with zero attached hydrogens (tertiary/aromatic N) is 3. The van der Waals surface area contributed by atoms with Crippen molar-refractivity contribution in [3.8, 4) is 6.19 Å². The van der Waals surface area contributed by atoms with Crippen LogP contribution in [0.2, 0.25) is 0 Å².